The molecule has 2 heterocycles. The Morgan fingerprint density at radius 3 is 2.61 bits per heavy atom. The van der Waals surface area contributed by atoms with Crippen molar-refractivity contribution < 1.29 is 17.9 Å². The molecule has 1 saturated heterocycles. The fraction of sp³-hybridized carbons (Fsp3) is 0.400. The van der Waals surface area contributed by atoms with Crippen LogP contribution in [-0.2, 0) is 21.4 Å². The summed E-state index contributed by atoms with van der Waals surface area (Å²) in [6.07, 6.45) is 2.65. The largest absolute Gasteiger partial charge is 0.495 e. The maximum atomic E-state index is 13.6. The van der Waals surface area contributed by atoms with Crippen LogP contribution in [0.15, 0.2) is 41.4 Å². The third-order valence-corrected chi connectivity index (χ3v) is 6.80. The molecule has 7 nitrogen and oxygen atoms in total. The fourth-order valence-electron chi connectivity index (χ4n) is 3.24. The molecule has 0 unspecified atom stereocenters. The molecule has 1 N–H and O–H groups in total. The first-order chi connectivity index (χ1) is 13.3. The van der Waals surface area contributed by atoms with Gasteiger partial charge < -0.3 is 10.1 Å². The fourth-order valence-corrected chi connectivity index (χ4v) is 4.92. The number of hydrogen-bond donors (Lipinski definition) is 1. The minimum absolute atomic E-state index is 0.0519. The Hall–Kier alpha value is -2.45. The van der Waals surface area contributed by atoms with Crippen molar-refractivity contribution in [2.45, 2.75) is 44.2 Å². The molecule has 0 saturated carbocycles. The summed E-state index contributed by atoms with van der Waals surface area (Å²) in [5, 5.41) is 2.85. The zero-order valence-electron chi connectivity index (χ0n) is 16.3. The van der Waals surface area contributed by atoms with E-state index in [2.05, 4.69) is 10.3 Å². The van der Waals surface area contributed by atoms with Crippen molar-refractivity contribution in [3.8, 4) is 5.75 Å². The number of sulfonamides is 1. The van der Waals surface area contributed by atoms with Crippen LogP contribution in [0.25, 0.3) is 0 Å². The number of aryl methyl sites for hydroxylation is 2. The molecule has 0 radical (unpaired) electrons. The summed E-state index contributed by atoms with van der Waals surface area (Å²) in [4.78, 5) is 16.0. The number of hydrogen-bond acceptors (Lipinski definition) is 5. The lowest BCUT2D eigenvalue weighted by molar-refractivity contribution is -0.119. The number of ether oxygens (including phenoxy) is 1. The highest BCUT2D eigenvalue weighted by Crippen LogP contribution is 2.31. The molecule has 0 spiro atoms. The van der Waals surface area contributed by atoms with Crippen molar-refractivity contribution in [2.24, 2.45) is 0 Å². The highest BCUT2D eigenvalue weighted by molar-refractivity contribution is 7.89. The summed E-state index contributed by atoms with van der Waals surface area (Å²) in [7, 11) is -2.41. The highest BCUT2D eigenvalue weighted by atomic mass is 32.2. The zero-order valence-corrected chi connectivity index (χ0v) is 17.1. The van der Waals surface area contributed by atoms with Gasteiger partial charge in [-0.2, -0.15) is 4.31 Å². The molecule has 3 rings (SSSR count). The number of carbonyl (C=O) groups excluding carboxylic acids is 1. The van der Waals surface area contributed by atoms with Crippen LogP contribution in [0.2, 0.25) is 0 Å². The third kappa shape index (κ3) is 4.34. The molecule has 1 aliphatic heterocycles. The number of carbonyl (C=O) groups is 1. The average molecular weight is 404 g/mol. The van der Waals surface area contributed by atoms with Crippen LogP contribution in [-0.4, -0.2) is 43.3 Å². The molecule has 8 heteroatoms. The van der Waals surface area contributed by atoms with E-state index in [0.717, 1.165) is 11.1 Å². The summed E-state index contributed by atoms with van der Waals surface area (Å²) in [6.45, 7) is 4.08. The van der Waals surface area contributed by atoms with Crippen LogP contribution < -0.4 is 10.1 Å². The Bertz CT molecular complexity index is 961. The van der Waals surface area contributed by atoms with Crippen LogP contribution in [0, 0.1) is 13.8 Å². The molecular formula is C20H25N3O4S. The van der Waals surface area contributed by atoms with Crippen molar-refractivity contribution in [1.29, 1.82) is 0 Å². The van der Waals surface area contributed by atoms with Crippen molar-refractivity contribution in [2.75, 3.05) is 13.7 Å². The number of rotatable bonds is 7. The number of aromatic nitrogens is 1. The second-order valence-corrected chi connectivity index (χ2v) is 8.92. The quantitative estimate of drug-likeness (QED) is 0.765. The monoisotopic (exact) mass is 403 g/mol. The van der Waals surface area contributed by atoms with Crippen molar-refractivity contribution in [1.82, 2.24) is 14.6 Å². The van der Waals surface area contributed by atoms with Gasteiger partial charge in [0, 0.05) is 25.2 Å². The predicted molar refractivity (Wildman–Crippen MR) is 105 cm³/mol. The second kappa shape index (κ2) is 8.28. The number of pyridine rings is 1. The van der Waals surface area contributed by atoms with Gasteiger partial charge in [-0.05, 0) is 55.7 Å². The lowest BCUT2D eigenvalue weighted by Gasteiger charge is -2.26. The first-order valence-corrected chi connectivity index (χ1v) is 10.6. The topological polar surface area (TPSA) is 88.6 Å². The first-order valence-electron chi connectivity index (χ1n) is 9.16. The van der Waals surface area contributed by atoms with E-state index < -0.39 is 10.0 Å². The molecule has 1 amide bonds. The molecule has 1 aromatic heterocycles. The number of benzene rings is 1. The maximum absolute atomic E-state index is 13.6. The number of methoxy groups -OCH3 is 1. The SMILES string of the molecule is COc1cc(C)c(C)cc1S(=O)(=O)N(Cc1ccccn1)C[C@@H]1CCC(=O)N1. The second-order valence-electron chi connectivity index (χ2n) is 7.01. The van der Waals surface area contributed by atoms with Gasteiger partial charge >= 0.3 is 0 Å². The standard InChI is InChI=1S/C20H25N3O4S/c1-14-10-18(27-3)19(11-15(14)2)28(25,26)23(12-16-6-4-5-9-21-16)13-17-7-8-20(24)22-17/h4-6,9-11,17H,7-8,12-13H2,1-3H3,(H,22,24)/t17-/m0/s1. The van der Waals surface area contributed by atoms with Crippen molar-refractivity contribution in [3.05, 3.63) is 53.3 Å². The molecule has 1 atom stereocenters. The van der Waals surface area contributed by atoms with E-state index in [0.29, 0.717) is 24.3 Å². The Labute approximate surface area is 165 Å². The van der Waals surface area contributed by atoms with E-state index in [4.69, 9.17) is 4.74 Å². The molecule has 2 aromatic rings. The van der Waals surface area contributed by atoms with Gasteiger partial charge in [0.05, 0.1) is 19.3 Å². The van der Waals surface area contributed by atoms with Crippen LogP contribution >= 0.6 is 0 Å². The van der Waals surface area contributed by atoms with Crippen LogP contribution in [0.3, 0.4) is 0 Å². The van der Waals surface area contributed by atoms with E-state index in [1.807, 2.05) is 19.9 Å². The molecule has 1 aromatic carbocycles. The van der Waals surface area contributed by atoms with Gasteiger partial charge in [-0.15, -0.1) is 0 Å². The summed E-state index contributed by atoms with van der Waals surface area (Å²) in [6, 6.07) is 8.55. The van der Waals surface area contributed by atoms with Gasteiger partial charge in [0.1, 0.15) is 10.6 Å². The normalized spacial score (nSPS) is 17.0. The van der Waals surface area contributed by atoms with Gasteiger partial charge in [-0.25, -0.2) is 8.42 Å². The maximum Gasteiger partial charge on any atom is 0.247 e. The Kier molecular flexibility index (Phi) is 6.00. The number of nitrogens with one attached hydrogen (secondary N) is 1. The molecule has 28 heavy (non-hydrogen) atoms. The molecule has 1 fully saturated rings. The molecule has 0 bridgehead atoms. The molecule has 0 aliphatic carbocycles. The number of amides is 1. The van der Waals surface area contributed by atoms with E-state index in [9.17, 15) is 13.2 Å². The smallest absolute Gasteiger partial charge is 0.247 e. The first kappa shape index (κ1) is 20.3. The van der Waals surface area contributed by atoms with E-state index in [1.54, 1.807) is 30.5 Å². The van der Waals surface area contributed by atoms with Gasteiger partial charge in [0.25, 0.3) is 0 Å². The van der Waals surface area contributed by atoms with Crippen LogP contribution in [0.4, 0.5) is 0 Å². The van der Waals surface area contributed by atoms with Gasteiger partial charge in [-0.1, -0.05) is 6.07 Å². The number of nitrogens with zero attached hydrogens (tertiary/aromatic N) is 2. The van der Waals surface area contributed by atoms with E-state index >= 15 is 0 Å². The van der Waals surface area contributed by atoms with Crippen molar-refractivity contribution >= 4 is 15.9 Å². The lowest BCUT2D eigenvalue weighted by Crippen LogP contribution is -2.41. The molecule has 1 aliphatic rings. The van der Waals surface area contributed by atoms with Crippen LogP contribution in [0.5, 0.6) is 5.75 Å². The summed E-state index contributed by atoms with van der Waals surface area (Å²) >= 11 is 0. The third-order valence-electron chi connectivity index (χ3n) is 4.97. The lowest BCUT2D eigenvalue weighted by atomic mass is 10.1. The molecule has 150 valence electrons. The molecular weight excluding hydrogens is 378 g/mol. The predicted octanol–water partition coefficient (Wildman–Crippen LogP) is 2.18. The van der Waals surface area contributed by atoms with Gasteiger partial charge in [0.15, 0.2) is 0 Å². The Balaban J connectivity index is 2.00. The summed E-state index contributed by atoms with van der Waals surface area (Å²) in [5.41, 5.74) is 2.46. The van der Waals surface area contributed by atoms with E-state index in [-0.39, 0.29) is 29.9 Å². The minimum atomic E-state index is -3.87. The van der Waals surface area contributed by atoms with Crippen molar-refractivity contribution in [3.63, 3.8) is 0 Å². The average Bonchev–Trinajstić information content (AvgIpc) is 3.08. The summed E-state index contributed by atoms with van der Waals surface area (Å²) < 4.78 is 33.8. The summed E-state index contributed by atoms with van der Waals surface area (Å²) in [5.74, 6) is 0.258. The van der Waals surface area contributed by atoms with Gasteiger partial charge in [-0.3, -0.25) is 9.78 Å². The minimum Gasteiger partial charge on any atom is -0.495 e. The zero-order chi connectivity index (χ0) is 20.3. The highest BCUT2D eigenvalue weighted by Gasteiger charge is 2.33. The van der Waals surface area contributed by atoms with Crippen LogP contribution in [0.1, 0.15) is 29.7 Å². The van der Waals surface area contributed by atoms with E-state index in [1.165, 1.54) is 11.4 Å². The Morgan fingerprint density at radius 1 is 1.25 bits per heavy atom. The Morgan fingerprint density at radius 2 is 2.00 bits per heavy atom. The van der Waals surface area contributed by atoms with Gasteiger partial charge in [0.2, 0.25) is 15.9 Å².